The predicted molar refractivity (Wildman–Crippen MR) is 81.9 cm³/mol. The topological polar surface area (TPSA) is 38.1 Å². The number of fused-ring (bicyclic) bond motifs is 1. The van der Waals surface area contributed by atoms with Gasteiger partial charge in [0.25, 0.3) is 0 Å². The number of amides is 1. The smallest absolute Gasteiger partial charge is 0.333 e. The van der Waals surface area contributed by atoms with Crippen LogP contribution in [0, 0.1) is 17.5 Å². The molecule has 1 aliphatic rings. The predicted octanol–water partition coefficient (Wildman–Crippen LogP) is 3.68. The highest BCUT2D eigenvalue weighted by Gasteiger charge is 2.36. The van der Waals surface area contributed by atoms with Crippen LogP contribution in [0.25, 0.3) is 0 Å². The van der Waals surface area contributed by atoms with Crippen molar-refractivity contribution in [2.75, 3.05) is 6.54 Å². The lowest BCUT2D eigenvalue weighted by molar-refractivity contribution is -0.141. The van der Waals surface area contributed by atoms with E-state index in [4.69, 9.17) is 0 Å². The molecule has 2 aromatic rings. The summed E-state index contributed by atoms with van der Waals surface area (Å²) in [4.78, 5) is 17.2. The Labute approximate surface area is 150 Å². The standard InChI is InChI=1S/C17H15F6N3O/c18-11-7-13(20)12(19)6-10(11)2-1-3-16(27)26-5-4-25-8-14(17(21,22)23)24-15(25)9-26/h6-8H,1-5,9H2. The molecule has 0 saturated heterocycles. The lowest BCUT2D eigenvalue weighted by Gasteiger charge is -2.27. The molecule has 0 aliphatic carbocycles. The molecule has 1 aromatic heterocycles. The van der Waals surface area contributed by atoms with E-state index < -0.39 is 29.3 Å². The largest absolute Gasteiger partial charge is 0.434 e. The maximum atomic E-state index is 13.6. The fourth-order valence-corrected chi connectivity index (χ4v) is 2.95. The molecule has 146 valence electrons. The second kappa shape index (κ2) is 7.24. The number of carbonyl (C=O) groups excluding carboxylic acids is 1. The van der Waals surface area contributed by atoms with Crippen molar-refractivity contribution in [3.8, 4) is 0 Å². The van der Waals surface area contributed by atoms with E-state index in [0.29, 0.717) is 6.07 Å². The summed E-state index contributed by atoms with van der Waals surface area (Å²) in [5.41, 5.74) is -1.04. The van der Waals surface area contributed by atoms with Gasteiger partial charge in [0.2, 0.25) is 5.91 Å². The first-order valence-electron chi connectivity index (χ1n) is 8.19. The minimum atomic E-state index is -4.55. The van der Waals surface area contributed by atoms with Gasteiger partial charge in [-0.1, -0.05) is 0 Å². The number of hydrogen-bond acceptors (Lipinski definition) is 2. The first-order valence-corrected chi connectivity index (χ1v) is 8.19. The fourth-order valence-electron chi connectivity index (χ4n) is 2.95. The molecule has 0 atom stereocenters. The summed E-state index contributed by atoms with van der Waals surface area (Å²) in [6.07, 6.45) is -3.39. The van der Waals surface area contributed by atoms with Crippen molar-refractivity contribution in [3.63, 3.8) is 0 Å². The average molecular weight is 391 g/mol. The summed E-state index contributed by atoms with van der Waals surface area (Å²) < 4.78 is 79.1. The highest BCUT2D eigenvalue weighted by molar-refractivity contribution is 5.76. The quantitative estimate of drug-likeness (QED) is 0.589. The van der Waals surface area contributed by atoms with Gasteiger partial charge in [0.05, 0.1) is 6.54 Å². The SMILES string of the molecule is O=C(CCCc1cc(F)c(F)cc1F)N1CCn2cc(C(F)(F)F)nc2C1. The van der Waals surface area contributed by atoms with Gasteiger partial charge in [-0.3, -0.25) is 4.79 Å². The minimum absolute atomic E-state index is 0.00523. The van der Waals surface area contributed by atoms with Gasteiger partial charge in [-0.15, -0.1) is 0 Å². The number of aromatic nitrogens is 2. The van der Waals surface area contributed by atoms with Crippen molar-refractivity contribution in [3.05, 3.63) is 52.9 Å². The highest BCUT2D eigenvalue weighted by atomic mass is 19.4. The third kappa shape index (κ3) is 4.25. The van der Waals surface area contributed by atoms with Crippen LogP contribution in [0.1, 0.15) is 29.9 Å². The molecule has 0 bridgehead atoms. The lowest BCUT2D eigenvalue weighted by atomic mass is 10.1. The molecule has 0 saturated carbocycles. The molecular weight excluding hydrogens is 376 g/mol. The van der Waals surface area contributed by atoms with Crippen LogP contribution in [-0.2, 0) is 30.5 Å². The van der Waals surface area contributed by atoms with Crippen LogP contribution < -0.4 is 0 Å². The van der Waals surface area contributed by atoms with Crippen molar-refractivity contribution >= 4 is 5.91 Å². The van der Waals surface area contributed by atoms with E-state index in [2.05, 4.69) is 4.98 Å². The summed E-state index contributed by atoms with van der Waals surface area (Å²) in [5, 5.41) is 0. The number of carbonyl (C=O) groups is 1. The Morgan fingerprint density at radius 1 is 1.07 bits per heavy atom. The van der Waals surface area contributed by atoms with Crippen LogP contribution in [0.4, 0.5) is 26.3 Å². The molecule has 0 N–H and O–H groups in total. The minimum Gasteiger partial charge on any atom is -0.333 e. The monoisotopic (exact) mass is 391 g/mol. The summed E-state index contributed by atoms with van der Waals surface area (Å²) in [5.74, 6) is -3.51. The van der Waals surface area contributed by atoms with Crippen molar-refractivity contribution < 1.29 is 31.1 Å². The van der Waals surface area contributed by atoms with Gasteiger partial charge in [-0.25, -0.2) is 18.2 Å². The van der Waals surface area contributed by atoms with Crippen LogP contribution in [-0.4, -0.2) is 26.9 Å². The number of aryl methyl sites for hydroxylation is 1. The maximum Gasteiger partial charge on any atom is 0.434 e. The van der Waals surface area contributed by atoms with Gasteiger partial charge < -0.3 is 9.47 Å². The third-order valence-electron chi connectivity index (χ3n) is 4.37. The molecule has 0 unspecified atom stereocenters. The van der Waals surface area contributed by atoms with Crippen LogP contribution in [0.3, 0.4) is 0 Å². The Bertz CT molecular complexity index is 861. The Morgan fingerprint density at radius 3 is 2.48 bits per heavy atom. The number of alkyl halides is 3. The first kappa shape index (κ1) is 19.2. The van der Waals surface area contributed by atoms with Crippen molar-refractivity contribution in [2.24, 2.45) is 0 Å². The Morgan fingerprint density at radius 2 is 1.78 bits per heavy atom. The number of nitrogens with zero attached hydrogens (tertiary/aromatic N) is 3. The number of halogens is 6. The van der Waals surface area contributed by atoms with E-state index in [1.165, 1.54) is 9.47 Å². The van der Waals surface area contributed by atoms with Crippen LogP contribution in [0.2, 0.25) is 0 Å². The zero-order valence-corrected chi connectivity index (χ0v) is 14.0. The van der Waals surface area contributed by atoms with E-state index in [9.17, 15) is 31.1 Å². The summed E-state index contributed by atoms with van der Waals surface area (Å²) in [6, 6.07) is 1.21. The molecule has 4 nitrogen and oxygen atoms in total. The van der Waals surface area contributed by atoms with Crippen LogP contribution in [0.15, 0.2) is 18.3 Å². The zero-order valence-electron chi connectivity index (χ0n) is 14.0. The Hall–Kier alpha value is -2.52. The first-order chi connectivity index (χ1) is 12.6. The number of imidazole rings is 1. The number of hydrogen-bond donors (Lipinski definition) is 0. The van der Waals surface area contributed by atoms with E-state index in [1.54, 1.807) is 0 Å². The lowest BCUT2D eigenvalue weighted by Crippen LogP contribution is -2.38. The van der Waals surface area contributed by atoms with Gasteiger partial charge in [0.15, 0.2) is 17.3 Å². The molecule has 27 heavy (non-hydrogen) atoms. The van der Waals surface area contributed by atoms with Crippen molar-refractivity contribution in [1.82, 2.24) is 14.5 Å². The van der Waals surface area contributed by atoms with Crippen molar-refractivity contribution in [2.45, 2.75) is 38.5 Å². The summed E-state index contributed by atoms with van der Waals surface area (Å²) >= 11 is 0. The third-order valence-corrected chi connectivity index (χ3v) is 4.37. The summed E-state index contributed by atoms with van der Waals surface area (Å²) in [7, 11) is 0. The normalized spacial score (nSPS) is 14.4. The number of benzene rings is 1. The van der Waals surface area contributed by atoms with Crippen LogP contribution >= 0.6 is 0 Å². The van der Waals surface area contributed by atoms with Crippen LogP contribution in [0.5, 0.6) is 0 Å². The average Bonchev–Trinajstić information content (AvgIpc) is 3.02. The van der Waals surface area contributed by atoms with Gasteiger partial charge in [-0.05, 0) is 24.5 Å². The molecule has 2 heterocycles. The molecule has 1 amide bonds. The summed E-state index contributed by atoms with van der Waals surface area (Å²) in [6.45, 7) is 0.384. The second-order valence-corrected chi connectivity index (χ2v) is 6.26. The molecule has 0 radical (unpaired) electrons. The van der Waals surface area contributed by atoms with E-state index in [-0.39, 0.29) is 56.2 Å². The molecule has 3 rings (SSSR count). The molecule has 0 fully saturated rings. The molecule has 10 heteroatoms. The Kier molecular flexibility index (Phi) is 5.16. The number of rotatable bonds is 4. The van der Waals surface area contributed by atoms with Crippen molar-refractivity contribution in [1.29, 1.82) is 0 Å². The Balaban J connectivity index is 1.57. The highest BCUT2D eigenvalue weighted by Crippen LogP contribution is 2.29. The maximum absolute atomic E-state index is 13.6. The molecule has 0 spiro atoms. The van der Waals surface area contributed by atoms with Gasteiger partial charge in [0, 0.05) is 31.8 Å². The van der Waals surface area contributed by atoms with Gasteiger partial charge in [-0.2, -0.15) is 13.2 Å². The zero-order chi connectivity index (χ0) is 19.8. The second-order valence-electron chi connectivity index (χ2n) is 6.26. The molecular formula is C17H15F6N3O. The van der Waals surface area contributed by atoms with E-state index >= 15 is 0 Å². The van der Waals surface area contributed by atoms with Gasteiger partial charge >= 0.3 is 6.18 Å². The van der Waals surface area contributed by atoms with E-state index in [1.807, 2.05) is 0 Å². The van der Waals surface area contributed by atoms with Gasteiger partial charge in [0.1, 0.15) is 11.6 Å². The van der Waals surface area contributed by atoms with E-state index in [0.717, 1.165) is 12.3 Å². The molecule has 1 aromatic carbocycles. The molecule has 1 aliphatic heterocycles. The fraction of sp³-hybridized carbons (Fsp3) is 0.412.